The van der Waals surface area contributed by atoms with E-state index in [4.69, 9.17) is 11.6 Å². The standard InChI is InChI=1S/C13H14ClFN2O/c1-3-11(15)6-4-9(2)17-13(18)12-7-5-10(14)8-16-12/h3-9H,1-2H3,(H,17,18)/b6-4-,11-3+. The van der Waals surface area contributed by atoms with Crippen molar-refractivity contribution in [3.8, 4) is 0 Å². The van der Waals surface area contributed by atoms with Crippen LogP contribution in [0, 0.1) is 0 Å². The lowest BCUT2D eigenvalue weighted by molar-refractivity contribution is 0.0942. The first-order valence-corrected chi connectivity index (χ1v) is 5.83. The summed E-state index contributed by atoms with van der Waals surface area (Å²) in [5, 5.41) is 3.14. The quantitative estimate of drug-likeness (QED) is 0.852. The van der Waals surface area contributed by atoms with Crippen LogP contribution in [0.1, 0.15) is 24.3 Å². The molecule has 0 aliphatic rings. The van der Waals surface area contributed by atoms with Gasteiger partial charge in [-0.05, 0) is 32.1 Å². The molecule has 0 aliphatic carbocycles. The van der Waals surface area contributed by atoms with Gasteiger partial charge in [-0.15, -0.1) is 0 Å². The highest BCUT2D eigenvalue weighted by molar-refractivity contribution is 6.30. The van der Waals surface area contributed by atoms with E-state index >= 15 is 0 Å². The Hall–Kier alpha value is -1.68. The van der Waals surface area contributed by atoms with Crippen LogP contribution in [-0.4, -0.2) is 16.9 Å². The molecule has 1 unspecified atom stereocenters. The van der Waals surface area contributed by atoms with Crippen molar-refractivity contribution in [3.63, 3.8) is 0 Å². The third-order valence-electron chi connectivity index (χ3n) is 2.14. The summed E-state index contributed by atoms with van der Waals surface area (Å²) in [6.45, 7) is 3.34. The molecule has 1 aromatic rings. The molecule has 5 heteroatoms. The number of nitrogens with one attached hydrogen (secondary N) is 1. The summed E-state index contributed by atoms with van der Waals surface area (Å²) in [5.41, 5.74) is 0.270. The van der Waals surface area contributed by atoms with E-state index in [-0.39, 0.29) is 23.5 Å². The third kappa shape index (κ3) is 4.67. The number of hydrogen-bond donors (Lipinski definition) is 1. The van der Waals surface area contributed by atoms with Crippen molar-refractivity contribution in [2.24, 2.45) is 0 Å². The molecule has 0 aliphatic heterocycles. The van der Waals surface area contributed by atoms with Gasteiger partial charge in [-0.1, -0.05) is 23.8 Å². The smallest absolute Gasteiger partial charge is 0.270 e. The maximum atomic E-state index is 12.8. The molecule has 1 heterocycles. The van der Waals surface area contributed by atoms with Crippen LogP contribution in [0.2, 0.25) is 5.02 Å². The zero-order chi connectivity index (χ0) is 13.5. The van der Waals surface area contributed by atoms with E-state index in [1.807, 2.05) is 0 Å². The van der Waals surface area contributed by atoms with E-state index < -0.39 is 0 Å². The van der Waals surface area contributed by atoms with Gasteiger partial charge in [0.25, 0.3) is 5.91 Å². The van der Waals surface area contributed by atoms with Crippen LogP contribution < -0.4 is 5.32 Å². The van der Waals surface area contributed by atoms with Gasteiger partial charge >= 0.3 is 0 Å². The first-order valence-electron chi connectivity index (χ1n) is 5.45. The van der Waals surface area contributed by atoms with Crippen molar-refractivity contribution in [1.29, 1.82) is 0 Å². The molecule has 1 rings (SSSR count). The van der Waals surface area contributed by atoms with E-state index in [1.165, 1.54) is 24.4 Å². The predicted molar refractivity (Wildman–Crippen MR) is 70.2 cm³/mol. The molecule has 0 radical (unpaired) electrons. The number of amides is 1. The molecule has 1 N–H and O–H groups in total. The summed E-state index contributed by atoms with van der Waals surface area (Å²) in [5.74, 6) is -0.676. The molecular formula is C13H14ClFN2O. The minimum Gasteiger partial charge on any atom is -0.345 e. The first kappa shape index (κ1) is 14.4. The van der Waals surface area contributed by atoms with Crippen molar-refractivity contribution >= 4 is 17.5 Å². The van der Waals surface area contributed by atoms with Gasteiger partial charge < -0.3 is 5.32 Å². The fraction of sp³-hybridized carbons (Fsp3) is 0.231. The molecule has 1 amide bonds. The largest absolute Gasteiger partial charge is 0.345 e. The average molecular weight is 269 g/mol. The Bertz CT molecular complexity index is 468. The van der Waals surface area contributed by atoms with E-state index in [1.54, 1.807) is 26.0 Å². The Balaban J connectivity index is 2.59. The zero-order valence-electron chi connectivity index (χ0n) is 10.2. The van der Waals surface area contributed by atoms with Crippen molar-refractivity contribution in [2.45, 2.75) is 19.9 Å². The van der Waals surface area contributed by atoms with Crippen LogP contribution in [0.25, 0.3) is 0 Å². The number of rotatable bonds is 4. The molecule has 18 heavy (non-hydrogen) atoms. The van der Waals surface area contributed by atoms with Crippen molar-refractivity contribution in [1.82, 2.24) is 10.3 Å². The fourth-order valence-electron chi connectivity index (χ4n) is 1.17. The predicted octanol–water partition coefficient (Wildman–Crippen LogP) is 3.28. The second kappa shape index (κ2) is 6.91. The average Bonchev–Trinajstić information content (AvgIpc) is 2.36. The number of hydrogen-bond acceptors (Lipinski definition) is 2. The van der Waals surface area contributed by atoms with E-state index in [0.717, 1.165) is 0 Å². The maximum Gasteiger partial charge on any atom is 0.270 e. The van der Waals surface area contributed by atoms with Gasteiger partial charge in [0.05, 0.1) is 5.02 Å². The number of pyridine rings is 1. The summed E-state index contributed by atoms with van der Waals surface area (Å²) in [7, 11) is 0. The van der Waals surface area contributed by atoms with Crippen LogP contribution in [0.4, 0.5) is 4.39 Å². The van der Waals surface area contributed by atoms with Gasteiger partial charge in [-0.2, -0.15) is 0 Å². The molecule has 1 atom stereocenters. The Morgan fingerprint density at radius 3 is 2.83 bits per heavy atom. The second-order valence-corrected chi connectivity index (χ2v) is 4.09. The molecular weight excluding hydrogens is 255 g/mol. The number of carbonyl (C=O) groups is 1. The van der Waals surface area contributed by atoms with Crippen LogP contribution in [0.15, 0.2) is 42.4 Å². The molecule has 0 fully saturated rings. The summed E-state index contributed by atoms with van der Waals surface area (Å²) < 4.78 is 12.8. The molecule has 96 valence electrons. The van der Waals surface area contributed by atoms with Crippen LogP contribution in [0.5, 0.6) is 0 Å². The third-order valence-corrected chi connectivity index (χ3v) is 2.36. The summed E-state index contributed by atoms with van der Waals surface area (Å²) in [6, 6.07) is 2.82. The lowest BCUT2D eigenvalue weighted by Crippen LogP contribution is -2.31. The normalized spacial score (nSPS) is 13.7. The van der Waals surface area contributed by atoms with Crippen LogP contribution in [0.3, 0.4) is 0 Å². The van der Waals surface area contributed by atoms with Crippen molar-refractivity contribution in [2.75, 3.05) is 0 Å². The molecule has 0 saturated heterocycles. The van der Waals surface area contributed by atoms with Gasteiger partial charge in [0.15, 0.2) is 0 Å². The molecule has 3 nitrogen and oxygen atoms in total. The number of carbonyl (C=O) groups excluding carboxylic acids is 1. The highest BCUT2D eigenvalue weighted by Gasteiger charge is 2.08. The van der Waals surface area contributed by atoms with E-state index in [0.29, 0.717) is 5.02 Å². The monoisotopic (exact) mass is 268 g/mol. The topological polar surface area (TPSA) is 42.0 Å². The number of halogens is 2. The minimum atomic E-state index is -0.347. The minimum absolute atomic E-state index is 0.270. The van der Waals surface area contributed by atoms with Crippen LogP contribution in [-0.2, 0) is 0 Å². The summed E-state index contributed by atoms with van der Waals surface area (Å²) in [6.07, 6.45) is 5.60. The molecule has 0 bridgehead atoms. The number of allylic oxidation sites excluding steroid dienone is 3. The van der Waals surface area contributed by atoms with Gasteiger partial charge in [0.2, 0.25) is 0 Å². The fourth-order valence-corrected chi connectivity index (χ4v) is 1.28. The Morgan fingerprint density at radius 1 is 1.56 bits per heavy atom. The van der Waals surface area contributed by atoms with Crippen LogP contribution >= 0.6 is 11.6 Å². The zero-order valence-corrected chi connectivity index (χ0v) is 10.9. The van der Waals surface area contributed by atoms with E-state index in [2.05, 4.69) is 10.3 Å². The van der Waals surface area contributed by atoms with E-state index in [9.17, 15) is 9.18 Å². The Kier molecular flexibility index (Phi) is 5.52. The van der Waals surface area contributed by atoms with Crippen molar-refractivity contribution < 1.29 is 9.18 Å². The number of nitrogens with zero attached hydrogens (tertiary/aromatic N) is 1. The second-order valence-electron chi connectivity index (χ2n) is 3.66. The first-order chi connectivity index (χ1) is 8.52. The summed E-state index contributed by atoms with van der Waals surface area (Å²) in [4.78, 5) is 15.6. The molecule has 0 spiro atoms. The highest BCUT2D eigenvalue weighted by atomic mass is 35.5. The number of aromatic nitrogens is 1. The highest BCUT2D eigenvalue weighted by Crippen LogP contribution is 2.06. The van der Waals surface area contributed by atoms with Crippen molar-refractivity contribution in [3.05, 3.63) is 53.1 Å². The molecule has 0 aromatic carbocycles. The molecule has 1 aromatic heterocycles. The maximum absolute atomic E-state index is 12.8. The van der Waals surface area contributed by atoms with Gasteiger partial charge in [0.1, 0.15) is 11.5 Å². The van der Waals surface area contributed by atoms with Gasteiger partial charge in [-0.25, -0.2) is 9.37 Å². The molecule has 0 saturated carbocycles. The SMILES string of the molecule is C/C=C(F)\C=C/C(C)NC(=O)c1ccc(Cl)cn1. The summed E-state index contributed by atoms with van der Waals surface area (Å²) >= 11 is 5.67. The Labute approximate surface area is 110 Å². The van der Waals surface area contributed by atoms with Gasteiger partial charge in [0, 0.05) is 12.2 Å². The lowest BCUT2D eigenvalue weighted by Gasteiger charge is -2.08. The lowest BCUT2D eigenvalue weighted by atomic mass is 10.2. The van der Waals surface area contributed by atoms with Gasteiger partial charge in [-0.3, -0.25) is 4.79 Å². The Morgan fingerprint density at radius 2 is 2.28 bits per heavy atom.